The fourth-order valence-corrected chi connectivity index (χ4v) is 2.14. The normalized spacial score (nSPS) is 12.9. The first-order valence-corrected chi connectivity index (χ1v) is 5.57. The molecule has 0 aliphatic rings. The highest BCUT2D eigenvalue weighted by atomic mass is 32.2. The van der Waals surface area contributed by atoms with Gasteiger partial charge >= 0.3 is 0 Å². The van der Waals surface area contributed by atoms with E-state index in [2.05, 4.69) is 0 Å². The fraction of sp³-hybridized carbons (Fsp3) is 0.400. The van der Waals surface area contributed by atoms with Crippen molar-refractivity contribution in [3.8, 4) is 0 Å². The van der Waals surface area contributed by atoms with Gasteiger partial charge in [-0.25, -0.2) is 22.0 Å². The molecule has 1 unspecified atom stereocenters. The molecule has 0 saturated carbocycles. The molecule has 96 valence electrons. The maximum absolute atomic E-state index is 13.2. The second kappa shape index (κ2) is 5.68. The largest absolute Gasteiger partial charge is 0.396 e. The predicted octanol–water partition coefficient (Wildman–Crippen LogP) is 3.25. The first-order valence-electron chi connectivity index (χ1n) is 4.69. The topological polar surface area (TPSA) is 20.2 Å². The fourth-order valence-electron chi connectivity index (χ4n) is 1.13. The second-order valence-electron chi connectivity index (χ2n) is 3.34. The van der Waals surface area contributed by atoms with Crippen molar-refractivity contribution in [2.24, 2.45) is 0 Å². The van der Waals surface area contributed by atoms with Gasteiger partial charge in [0.2, 0.25) is 5.82 Å². The summed E-state index contributed by atoms with van der Waals surface area (Å²) < 4.78 is 64.7. The zero-order valence-corrected chi connectivity index (χ0v) is 9.55. The number of hydrogen-bond acceptors (Lipinski definition) is 2. The average Bonchev–Trinajstić information content (AvgIpc) is 2.30. The Labute approximate surface area is 98.6 Å². The predicted molar refractivity (Wildman–Crippen MR) is 53.3 cm³/mol. The molecule has 0 aromatic heterocycles. The van der Waals surface area contributed by atoms with E-state index in [1.165, 1.54) is 6.92 Å². The van der Waals surface area contributed by atoms with Crippen LogP contribution in [0.4, 0.5) is 22.0 Å². The van der Waals surface area contributed by atoms with Crippen LogP contribution in [0, 0.1) is 29.1 Å². The highest BCUT2D eigenvalue weighted by Gasteiger charge is 2.26. The Morgan fingerprint density at radius 3 is 1.76 bits per heavy atom. The molecule has 0 bridgehead atoms. The van der Waals surface area contributed by atoms with Crippen molar-refractivity contribution in [1.82, 2.24) is 0 Å². The molecule has 0 spiro atoms. The van der Waals surface area contributed by atoms with E-state index in [0.29, 0.717) is 11.8 Å². The zero-order valence-electron chi connectivity index (χ0n) is 8.74. The van der Waals surface area contributed by atoms with Crippen LogP contribution in [0.15, 0.2) is 4.90 Å². The number of rotatable bonds is 4. The van der Waals surface area contributed by atoms with Crippen molar-refractivity contribution in [3.63, 3.8) is 0 Å². The van der Waals surface area contributed by atoms with Crippen LogP contribution in [0.1, 0.15) is 13.3 Å². The molecule has 7 heteroatoms. The SMILES string of the molecule is CC(CCO)Sc1c(F)c(F)c(F)c(F)c1F. The number of halogens is 5. The highest BCUT2D eigenvalue weighted by molar-refractivity contribution is 8.00. The van der Waals surface area contributed by atoms with E-state index < -0.39 is 39.2 Å². The molecule has 0 amide bonds. The molecule has 0 heterocycles. The summed E-state index contributed by atoms with van der Waals surface area (Å²) in [7, 11) is 0. The van der Waals surface area contributed by atoms with Gasteiger partial charge in [-0.3, -0.25) is 0 Å². The molecule has 1 aromatic rings. The molecule has 0 radical (unpaired) electrons. The smallest absolute Gasteiger partial charge is 0.200 e. The summed E-state index contributed by atoms with van der Waals surface area (Å²) in [5, 5.41) is 8.13. The van der Waals surface area contributed by atoms with Gasteiger partial charge < -0.3 is 5.11 Å². The Balaban J connectivity index is 3.16. The molecule has 0 aliphatic heterocycles. The lowest BCUT2D eigenvalue weighted by molar-refractivity contribution is 0.288. The van der Waals surface area contributed by atoms with Crippen LogP contribution in [0.25, 0.3) is 0 Å². The highest BCUT2D eigenvalue weighted by Crippen LogP contribution is 2.33. The molecule has 17 heavy (non-hydrogen) atoms. The van der Waals surface area contributed by atoms with Crippen LogP contribution in [0.2, 0.25) is 0 Å². The van der Waals surface area contributed by atoms with Gasteiger partial charge in [0.25, 0.3) is 0 Å². The van der Waals surface area contributed by atoms with Gasteiger partial charge in [-0.15, -0.1) is 11.8 Å². The van der Waals surface area contributed by atoms with Gasteiger partial charge in [-0.1, -0.05) is 6.92 Å². The molecule has 0 fully saturated rings. The third-order valence-electron chi connectivity index (χ3n) is 2.02. The van der Waals surface area contributed by atoms with E-state index in [1.54, 1.807) is 0 Å². The summed E-state index contributed by atoms with van der Waals surface area (Å²) in [5.41, 5.74) is 0. The van der Waals surface area contributed by atoms with Crippen molar-refractivity contribution >= 4 is 11.8 Å². The van der Waals surface area contributed by atoms with Crippen molar-refractivity contribution in [3.05, 3.63) is 29.1 Å². The van der Waals surface area contributed by atoms with Crippen LogP contribution >= 0.6 is 11.8 Å². The number of aliphatic hydroxyl groups is 1. The first kappa shape index (κ1) is 14.2. The van der Waals surface area contributed by atoms with E-state index >= 15 is 0 Å². The van der Waals surface area contributed by atoms with Crippen LogP contribution in [0.3, 0.4) is 0 Å². The van der Waals surface area contributed by atoms with Crippen LogP contribution in [-0.4, -0.2) is 17.0 Å². The number of benzene rings is 1. The second-order valence-corrected chi connectivity index (χ2v) is 4.79. The maximum Gasteiger partial charge on any atom is 0.200 e. The van der Waals surface area contributed by atoms with Crippen molar-refractivity contribution in [2.75, 3.05) is 6.61 Å². The Bertz CT molecular complexity index is 395. The van der Waals surface area contributed by atoms with Gasteiger partial charge in [-0.05, 0) is 6.42 Å². The summed E-state index contributed by atoms with van der Waals surface area (Å²) >= 11 is 0.502. The summed E-state index contributed by atoms with van der Waals surface area (Å²) in [6.45, 7) is 1.28. The molecule has 0 saturated heterocycles. The van der Waals surface area contributed by atoms with Crippen LogP contribution in [0.5, 0.6) is 0 Å². The minimum atomic E-state index is -2.17. The number of hydrogen-bond donors (Lipinski definition) is 1. The number of aliphatic hydroxyl groups excluding tert-OH is 1. The van der Waals surface area contributed by atoms with Gasteiger partial charge in [-0.2, -0.15) is 0 Å². The summed E-state index contributed by atoms with van der Waals surface area (Å²) in [5.74, 6) is -9.75. The third kappa shape index (κ3) is 2.90. The lowest BCUT2D eigenvalue weighted by Crippen LogP contribution is -2.06. The Morgan fingerprint density at radius 1 is 0.941 bits per heavy atom. The minimum absolute atomic E-state index is 0.185. The summed E-state index contributed by atoms with van der Waals surface area (Å²) in [6, 6.07) is 0. The quantitative estimate of drug-likeness (QED) is 0.393. The summed E-state index contributed by atoms with van der Waals surface area (Å²) in [6.07, 6.45) is 0.185. The maximum atomic E-state index is 13.2. The van der Waals surface area contributed by atoms with E-state index in [4.69, 9.17) is 5.11 Å². The van der Waals surface area contributed by atoms with Gasteiger partial charge in [0, 0.05) is 11.9 Å². The lowest BCUT2D eigenvalue weighted by Gasteiger charge is -2.12. The molecule has 1 atom stereocenters. The van der Waals surface area contributed by atoms with E-state index in [-0.39, 0.29) is 13.0 Å². The van der Waals surface area contributed by atoms with Crippen LogP contribution in [-0.2, 0) is 0 Å². The van der Waals surface area contributed by atoms with Gasteiger partial charge in [0.1, 0.15) is 0 Å². The van der Waals surface area contributed by atoms with E-state index in [9.17, 15) is 22.0 Å². The molecule has 1 aromatic carbocycles. The molecule has 1 rings (SSSR count). The third-order valence-corrected chi connectivity index (χ3v) is 3.26. The molecule has 0 aliphatic carbocycles. The standard InChI is InChI=1S/C10H9F5OS/c1-4(2-3-16)17-10-8(14)6(12)5(11)7(13)9(10)15/h4,16H,2-3H2,1H3. The van der Waals surface area contributed by atoms with E-state index in [1.807, 2.05) is 0 Å². The Hall–Kier alpha value is -0.820. The minimum Gasteiger partial charge on any atom is -0.396 e. The van der Waals surface area contributed by atoms with Crippen molar-refractivity contribution in [1.29, 1.82) is 0 Å². The van der Waals surface area contributed by atoms with Crippen molar-refractivity contribution in [2.45, 2.75) is 23.5 Å². The zero-order chi connectivity index (χ0) is 13.2. The number of thioether (sulfide) groups is 1. The molecule has 1 N–H and O–H groups in total. The van der Waals surface area contributed by atoms with Crippen LogP contribution < -0.4 is 0 Å². The Morgan fingerprint density at radius 2 is 1.35 bits per heavy atom. The molecular formula is C10H9F5OS. The molecule has 1 nitrogen and oxygen atoms in total. The lowest BCUT2D eigenvalue weighted by atomic mass is 10.3. The van der Waals surface area contributed by atoms with Crippen molar-refractivity contribution < 1.29 is 27.1 Å². The summed E-state index contributed by atoms with van der Waals surface area (Å²) in [4.78, 5) is -0.914. The first-order chi connectivity index (χ1) is 7.90. The monoisotopic (exact) mass is 272 g/mol. The van der Waals surface area contributed by atoms with Gasteiger partial charge in [0.05, 0.1) is 4.90 Å². The Kier molecular flexibility index (Phi) is 4.76. The average molecular weight is 272 g/mol. The van der Waals surface area contributed by atoms with Gasteiger partial charge in [0.15, 0.2) is 23.3 Å². The van der Waals surface area contributed by atoms with E-state index in [0.717, 1.165) is 0 Å². The molecular weight excluding hydrogens is 263 g/mol.